The van der Waals surface area contributed by atoms with E-state index in [-0.39, 0.29) is 5.91 Å². The first kappa shape index (κ1) is 11.7. The summed E-state index contributed by atoms with van der Waals surface area (Å²) in [6, 6.07) is 7.35. The zero-order chi connectivity index (χ0) is 11.4. The summed E-state index contributed by atoms with van der Waals surface area (Å²) in [5.41, 5.74) is 1.74. The topological polar surface area (TPSA) is 32.3 Å². The summed E-state index contributed by atoms with van der Waals surface area (Å²) in [6.07, 6.45) is 0. The molecular formula is C11H14N2OS. The van der Waals surface area contributed by atoms with Crippen molar-refractivity contribution in [2.75, 3.05) is 14.1 Å². The summed E-state index contributed by atoms with van der Waals surface area (Å²) in [5.74, 6) is -0.172. The van der Waals surface area contributed by atoms with Crippen LogP contribution in [0.4, 0.5) is 0 Å². The Bertz CT molecular complexity index is 371. The van der Waals surface area contributed by atoms with Crippen molar-refractivity contribution in [2.24, 2.45) is 0 Å². The van der Waals surface area contributed by atoms with E-state index >= 15 is 0 Å². The van der Waals surface area contributed by atoms with Crippen LogP contribution in [0.3, 0.4) is 0 Å². The van der Waals surface area contributed by atoms with Gasteiger partial charge in [0.25, 0.3) is 5.91 Å². The van der Waals surface area contributed by atoms with Gasteiger partial charge < -0.3 is 4.90 Å². The van der Waals surface area contributed by atoms with Crippen LogP contribution >= 0.6 is 12.2 Å². The van der Waals surface area contributed by atoms with Crippen LogP contribution in [0.2, 0.25) is 0 Å². The van der Waals surface area contributed by atoms with E-state index in [0.717, 1.165) is 5.56 Å². The van der Waals surface area contributed by atoms with Crippen molar-refractivity contribution in [1.29, 1.82) is 0 Å². The maximum atomic E-state index is 11.6. The molecule has 0 saturated carbocycles. The molecule has 1 aromatic carbocycles. The fraction of sp³-hybridized carbons (Fsp3) is 0.273. The van der Waals surface area contributed by atoms with Crippen molar-refractivity contribution in [2.45, 2.75) is 6.92 Å². The van der Waals surface area contributed by atoms with Gasteiger partial charge in [-0.25, -0.2) is 0 Å². The highest BCUT2D eigenvalue weighted by molar-refractivity contribution is 7.80. The molecule has 0 heterocycles. The molecule has 0 unspecified atom stereocenters. The first-order valence-electron chi connectivity index (χ1n) is 4.60. The Morgan fingerprint density at radius 2 is 1.80 bits per heavy atom. The zero-order valence-corrected chi connectivity index (χ0v) is 9.89. The average Bonchev–Trinajstić information content (AvgIpc) is 2.18. The molecule has 0 fully saturated rings. The Labute approximate surface area is 95.1 Å². The smallest absolute Gasteiger partial charge is 0.257 e. The van der Waals surface area contributed by atoms with Crippen molar-refractivity contribution in [1.82, 2.24) is 10.2 Å². The number of carbonyl (C=O) groups excluding carboxylic acids is 1. The normalized spacial score (nSPS) is 9.53. The van der Waals surface area contributed by atoms with Gasteiger partial charge in [0.2, 0.25) is 0 Å². The monoisotopic (exact) mass is 222 g/mol. The van der Waals surface area contributed by atoms with Gasteiger partial charge in [-0.3, -0.25) is 10.1 Å². The molecule has 3 nitrogen and oxygen atoms in total. The summed E-state index contributed by atoms with van der Waals surface area (Å²) in [4.78, 5) is 13.3. The molecule has 1 rings (SSSR count). The van der Waals surface area contributed by atoms with Crippen LogP contribution in [-0.2, 0) is 0 Å². The Hall–Kier alpha value is -1.42. The van der Waals surface area contributed by atoms with E-state index in [1.807, 2.05) is 19.1 Å². The van der Waals surface area contributed by atoms with Gasteiger partial charge in [-0.2, -0.15) is 0 Å². The highest BCUT2D eigenvalue weighted by atomic mass is 32.1. The van der Waals surface area contributed by atoms with Crippen LogP contribution in [0.5, 0.6) is 0 Å². The molecular weight excluding hydrogens is 208 g/mol. The highest BCUT2D eigenvalue weighted by Crippen LogP contribution is 2.02. The first-order valence-corrected chi connectivity index (χ1v) is 5.01. The van der Waals surface area contributed by atoms with Gasteiger partial charge >= 0.3 is 0 Å². The number of carbonyl (C=O) groups is 1. The van der Waals surface area contributed by atoms with E-state index in [2.05, 4.69) is 5.32 Å². The van der Waals surface area contributed by atoms with Gasteiger partial charge in [0, 0.05) is 19.7 Å². The summed E-state index contributed by atoms with van der Waals surface area (Å²) >= 11 is 4.97. The molecule has 0 radical (unpaired) electrons. The van der Waals surface area contributed by atoms with Gasteiger partial charge in [-0.15, -0.1) is 0 Å². The lowest BCUT2D eigenvalue weighted by Gasteiger charge is -2.14. The van der Waals surface area contributed by atoms with Gasteiger partial charge in [0.15, 0.2) is 5.11 Å². The molecule has 1 N–H and O–H groups in total. The van der Waals surface area contributed by atoms with Crippen LogP contribution in [0.15, 0.2) is 24.3 Å². The van der Waals surface area contributed by atoms with Gasteiger partial charge in [-0.05, 0) is 31.3 Å². The molecule has 0 aliphatic carbocycles. The van der Waals surface area contributed by atoms with E-state index in [1.54, 1.807) is 31.1 Å². The predicted molar refractivity (Wildman–Crippen MR) is 64.9 cm³/mol. The molecule has 1 aromatic rings. The van der Waals surface area contributed by atoms with Crippen LogP contribution in [0, 0.1) is 6.92 Å². The van der Waals surface area contributed by atoms with Gasteiger partial charge in [0.1, 0.15) is 0 Å². The largest absolute Gasteiger partial charge is 0.355 e. The number of hydrogen-bond donors (Lipinski definition) is 1. The fourth-order valence-corrected chi connectivity index (χ4v) is 1.08. The maximum absolute atomic E-state index is 11.6. The quantitative estimate of drug-likeness (QED) is 0.732. The molecule has 80 valence electrons. The number of rotatable bonds is 1. The second kappa shape index (κ2) is 4.89. The Morgan fingerprint density at radius 3 is 2.27 bits per heavy atom. The number of benzene rings is 1. The van der Waals surface area contributed by atoms with Crippen LogP contribution in [0.25, 0.3) is 0 Å². The lowest BCUT2D eigenvalue weighted by atomic mass is 10.1. The van der Waals surface area contributed by atoms with Gasteiger partial charge in [-0.1, -0.05) is 17.7 Å². The Kier molecular flexibility index (Phi) is 3.80. The van der Waals surface area contributed by atoms with E-state index in [1.165, 1.54) is 0 Å². The number of amides is 1. The molecule has 0 aliphatic rings. The van der Waals surface area contributed by atoms with E-state index < -0.39 is 0 Å². The first-order chi connectivity index (χ1) is 7.00. The number of nitrogens with one attached hydrogen (secondary N) is 1. The minimum atomic E-state index is -0.172. The third kappa shape index (κ3) is 3.32. The molecule has 0 saturated heterocycles. The van der Waals surface area contributed by atoms with Crippen molar-refractivity contribution < 1.29 is 4.79 Å². The van der Waals surface area contributed by atoms with E-state index in [4.69, 9.17) is 12.2 Å². The highest BCUT2D eigenvalue weighted by Gasteiger charge is 2.07. The lowest BCUT2D eigenvalue weighted by molar-refractivity contribution is 0.0974. The maximum Gasteiger partial charge on any atom is 0.257 e. The third-order valence-electron chi connectivity index (χ3n) is 1.94. The Morgan fingerprint density at radius 1 is 1.27 bits per heavy atom. The summed E-state index contributed by atoms with van der Waals surface area (Å²) in [7, 11) is 3.58. The lowest BCUT2D eigenvalue weighted by Crippen LogP contribution is -2.38. The number of nitrogens with zero attached hydrogens (tertiary/aromatic N) is 1. The SMILES string of the molecule is Cc1ccc(C(=O)NC(=S)N(C)C)cc1. The summed E-state index contributed by atoms with van der Waals surface area (Å²) < 4.78 is 0. The van der Waals surface area contributed by atoms with Crippen molar-refractivity contribution in [3.63, 3.8) is 0 Å². The summed E-state index contributed by atoms with van der Waals surface area (Å²) in [5, 5.41) is 3.05. The zero-order valence-electron chi connectivity index (χ0n) is 9.07. The molecule has 0 spiro atoms. The number of hydrogen-bond acceptors (Lipinski definition) is 2. The second-order valence-corrected chi connectivity index (χ2v) is 3.91. The molecule has 0 atom stereocenters. The van der Waals surface area contributed by atoms with Crippen molar-refractivity contribution >= 4 is 23.2 Å². The fourth-order valence-electron chi connectivity index (χ4n) is 0.986. The standard InChI is InChI=1S/C11H14N2OS/c1-8-4-6-9(7-5-8)10(14)12-11(15)13(2)3/h4-7H,1-3H3,(H,12,14,15). The third-order valence-corrected chi connectivity index (χ3v) is 2.41. The van der Waals surface area contributed by atoms with Crippen molar-refractivity contribution in [3.05, 3.63) is 35.4 Å². The molecule has 0 bridgehead atoms. The molecule has 4 heteroatoms. The van der Waals surface area contributed by atoms with Crippen LogP contribution in [0.1, 0.15) is 15.9 Å². The summed E-state index contributed by atoms with van der Waals surface area (Å²) in [6.45, 7) is 1.98. The molecule has 15 heavy (non-hydrogen) atoms. The van der Waals surface area contributed by atoms with Crippen molar-refractivity contribution in [3.8, 4) is 0 Å². The molecule has 0 aromatic heterocycles. The van der Waals surface area contributed by atoms with Gasteiger partial charge in [0.05, 0.1) is 0 Å². The minimum absolute atomic E-state index is 0.172. The molecule has 1 amide bonds. The average molecular weight is 222 g/mol. The minimum Gasteiger partial charge on any atom is -0.355 e. The van der Waals surface area contributed by atoms with E-state index in [0.29, 0.717) is 10.7 Å². The Balaban J connectivity index is 2.69. The molecule has 0 aliphatic heterocycles. The van der Waals surface area contributed by atoms with Crippen LogP contribution < -0.4 is 5.32 Å². The number of thiocarbonyl (C=S) groups is 1. The number of aryl methyl sites for hydroxylation is 1. The predicted octanol–water partition coefficient (Wildman–Crippen LogP) is 1.57. The second-order valence-electron chi connectivity index (χ2n) is 3.52. The van der Waals surface area contributed by atoms with E-state index in [9.17, 15) is 4.79 Å². The van der Waals surface area contributed by atoms with Crippen LogP contribution in [-0.4, -0.2) is 30.0 Å².